The average molecular weight is 375 g/mol. The molecule has 0 saturated carbocycles. The van der Waals surface area contributed by atoms with Crippen molar-refractivity contribution in [2.24, 2.45) is 0 Å². The summed E-state index contributed by atoms with van der Waals surface area (Å²) < 4.78 is 8.24. The second-order valence-electron chi connectivity index (χ2n) is 5.78. The largest absolute Gasteiger partial charge is 0.489 e. The second kappa shape index (κ2) is 7.72. The second-order valence-corrected chi connectivity index (χ2v) is 6.60. The number of aromatic amines is 1. The van der Waals surface area contributed by atoms with Gasteiger partial charge in [-0.05, 0) is 49.8 Å². The summed E-state index contributed by atoms with van der Waals surface area (Å²) in [6.07, 6.45) is 0. The molecule has 0 aliphatic carbocycles. The molecule has 0 saturated heterocycles. The van der Waals surface area contributed by atoms with Crippen LogP contribution < -0.4 is 10.2 Å². The molecule has 0 amide bonds. The minimum atomic E-state index is 0.500. The topological polar surface area (TPSA) is 54.9 Å². The number of halogens is 1. The fourth-order valence-electron chi connectivity index (χ4n) is 2.52. The van der Waals surface area contributed by atoms with E-state index in [1.165, 1.54) is 5.56 Å². The van der Waals surface area contributed by atoms with Crippen molar-refractivity contribution in [2.45, 2.75) is 27.0 Å². The molecule has 0 aliphatic heterocycles. The molecule has 0 bridgehead atoms. The van der Waals surface area contributed by atoms with E-state index >= 15 is 0 Å². The predicted molar refractivity (Wildman–Crippen MR) is 102 cm³/mol. The minimum absolute atomic E-state index is 0.500. The zero-order valence-corrected chi connectivity index (χ0v) is 15.6. The first-order valence-corrected chi connectivity index (χ1v) is 8.66. The van der Waals surface area contributed by atoms with Crippen LogP contribution in [-0.2, 0) is 13.2 Å². The Bertz CT molecular complexity index is 935. The van der Waals surface area contributed by atoms with E-state index in [0.29, 0.717) is 22.9 Å². The first-order valence-electron chi connectivity index (χ1n) is 7.87. The number of aryl methyl sites for hydroxylation is 2. The van der Waals surface area contributed by atoms with E-state index in [9.17, 15) is 0 Å². The van der Waals surface area contributed by atoms with Crippen LogP contribution in [0.3, 0.4) is 0 Å². The van der Waals surface area contributed by atoms with Gasteiger partial charge in [0.2, 0.25) is 4.77 Å². The summed E-state index contributed by atoms with van der Waals surface area (Å²) in [4.78, 5) is 0. The van der Waals surface area contributed by atoms with Crippen molar-refractivity contribution < 1.29 is 4.74 Å². The number of nitrogens with one attached hydrogen (secondary N) is 2. The number of aromatic nitrogens is 3. The van der Waals surface area contributed by atoms with Crippen LogP contribution in [0.5, 0.6) is 5.75 Å². The zero-order chi connectivity index (χ0) is 17.8. The number of hydrogen-bond acceptors (Lipinski definition) is 4. The Hall–Kier alpha value is -2.31. The third-order valence-corrected chi connectivity index (χ3v) is 4.28. The van der Waals surface area contributed by atoms with E-state index in [-0.39, 0.29) is 0 Å². The Morgan fingerprint density at radius 2 is 2.08 bits per heavy atom. The molecule has 5 nitrogen and oxygen atoms in total. The molecule has 0 aliphatic rings. The van der Waals surface area contributed by atoms with Gasteiger partial charge in [-0.3, -0.25) is 5.10 Å². The summed E-state index contributed by atoms with van der Waals surface area (Å²) in [6.45, 7) is 4.95. The molecular weight excluding hydrogens is 356 g/mol. The van der Waals surface area contributed by atoms with Crippen molar-refractivity contribution in [2.75, 3.05) is 5.43 Å². The van der Waals surface area contributed by atoms with Crippen molar-refractivity contribution in [3.63, 3.8) is 0 Å². The Morgan fingerprint density at radius 1 is 1.24 bits per heavy atom. The van der Waals surface area contributed by atoms with Crippen LogP contribution in [0.2, 0.25) is 5.02 Å². The minimum Gasteiger partial charge on any atom is -0.489 e. The van der Waals surface area contributed by atoms with Crippen LogP contribution in [0, 0.1) is 18.6 Å². The number of ether oxygens (including phenoxy) is 1. The predicted octanol–water partition coefficient (Wildman–Crippen LogP) is 4.53. The maximum absolute atomic E-state index is 6.15. The van der Waals surface area contributed by atoms with Crippen LogP contribution in [0.1, 0.15) is 22.5 Å². The smallest absolute Gasteiger partial charge is 0.214 e. The molecule has 130 valence electrons. The lowest BCUT2D eigenvalue weighted by atomic mass is 10.1. The first kappa shape index (κ1) is 17.5. The quantitative estimate of drug-likeness (QED) is 0.622. The van der Waals surface area contributed by atoms with Crippen LogP contribution in [0.25, 0.3) is 0 Å². The first-order chi connectivity index (χ1) is 12.0. The van der Waals surface area contributed by atoms with Crippen molar-refractivity contribution in [3.05, 3.63) is 74.8 Å². The highest BCUT2D eigenvalue weighted by Gasteiger charge is 2.07. The molecule has 0 atom stereocenters. The lowest BCUT2D eigenvalue weighted by Gasteiger charge is -2.14. The fraction of sp³-hybridized carbons (Fsp3) is 0.222. The Kier molecular flexibility index (Phi) is 5.40. The zero-order valence-electron chi connectivity index (χ0n) is 14.0. The van der Waals surface area contributed by atoms with Crippen molar-refractivity contribution in [3.8, 4) is 5.75 Å². The van der Waals surface area contributed by atoms with Gasteiger partial charge in [-0.25, -0.2) is 4.68 Å². The van der Waals surface area contributed by atoms with Gasteiger partial charge < -0.3 is 10.2 Å². The number of hydrogen-bond donors (Lipinski definition) is 2. The van der Waals surface area contributed by atoms with Gasteiger partial charge in [-0.1, -0.05) is 41.4 Å². The number of benzene rings is 2. The van der Waals surface area contributed by atoms with Gasteiger partial charge in [-0.15, -0.1) is 0 Å². The van der Waals surface area contributed by atoms with Crippen LogP contribution in [0.4, 0.5) is 0 Å². The summed E-state index contributed by atoms with van der Waals surface area (Å²) in [5, 5.41) is 7.49. The molecule has 2 N–H and O–H groups in total. The monoisotopic (exact) mass is 374 g/mol. The molecule has 0 fully saturated rings. The van der Waals surface area contributed by atoms with Crippen LogP contribution in [0.15, 0.2) is 42.5 Å². The Labute approximate surface area is 156 Å². The van der Waals surface area contributed by atoms with Gasteiger partial charge in [-0.2, -0.15) is 5.10 Å². The summed E-state index contributed by atoms with van der Waals surface area (Å²) >= 11 is 11.3. The molecule has 0 radical (unpaired) electrons. The molecule has 0 spiro atoms. The van der Waals surface area contributed by atoms with E-state index in [4.69, 9.17) is 28.6 Å². The summed E-state index contributed by atoms with van der Waals surface area (Å²) in [6, 6.07) is 13.9. The average Bonchev–Trinajstić information content (AvgIpc) is 2.90. The summed E-state index contributed by atoms with van der Waals surface area (Å²) in [5.74, 6) is 1.54. The highest BCUT2D eigenvalue weighted by molar-refractivity contribution is 7.71. The normalized spacial score (nSPS) is 10.7. The highest BCUT2D eigenvalue weighted by atomic mass is 35.5. The molecule has 2 aromatic carbocycles. The van der Waals surface area contributed by atoms with E-state index in [2.05, 4.69) is 40.7 Å². The number of nitrogens with zero attached hydrogens (tertiary/aromatic N) is 2. The summed E-state index contributed by atoms with van der Waals surface area (Å²) in [5.41, 5.74) is 6.52. The Balaban J connectivity index is 1.75. The summed E-state index contributed by atoms with van der Waals surface area (Å²) in [7, 11) is 0. The van der Waals surface area contributed by atoms with Crippen molar-refractivity contribution >= 4 is 23.8 Å². The number of H-pyrrole nitrogens is 1. The molecule has 1 heterocycles. The van der Waals surface area contributed by atoms with Gasteiger partial charge in [0, 0.05) is 10.6 Å². The van der Waals surface area contributed by atoms with Gasteiger partial charge >= 0.3 is 0 Å². The molecule has 1 aromatic heterocycles. The molecular formula is C18H19ClN4OS. The van der Waals surface area contributed by atoms with E-state index < -0.39 is 0 Å². The standard InChI is InChI=1S/C18H19ClN4OS/c1-12-4-3-5-14(8-12)11-24-17-7-6-16(19)9-15(17)10-20-23-13(2)21-22-18(23)25/h3-9,20H,10-11H2,1-2H3,(H,22,25). The molecule has 3 rings (SSSR count). The van der Waals surface area contributed by atoms with Crippen molar-refractivity contribution in [1.82, 2.24) is 14.9 Å². The Morgan fingerprint density at radius 3 is 2.80 bits per heavy atom. The fourth-order valence-corrected chi connectivity index (χ4v) is 2.95. The maximum atomic E-state index is 6.15. The van der Waals surface area contributed by atoms with E-state index in [1.54, 1.807) is 4.68 Å². The van der Waals surface area contributed by atoms with E-state index in [0.717, 1.165) is 22.7 Å². The van der Waals surface area contributed by atoms with E-state index in [1.807, 2.05) is 31.2 Å². The van der Waals surface area contributed by atoms with Crippen LogP contribution in [-0.4, -0.2) is 14.9 Å². The molecule has 0 unspecified atom stereocenters. The van der Waals surface area contributed by atoms with Gasteiger partial charge in [0.25, 0.3) is 0 Å². The van der Waals surface area contributed by atoms with Gasteiger partial charge in [0.15, 0.2) is 0 Å². The molecule has 3 aromatic rings. The SMILES string of the molecule is Cc1cccc(COc2ccc(Cl)cc2CNn2c(C)n[nH]c2=S)c1. The lowest BCUT2D eigenvalue weighted by molar-refractivity contribution is 0.303. The van der Waals surface area contributed by atoms with Gasteiger partial charge in [0.1, 0.15) is 18.2 Å². The van der Waals surface area contributed by atoms with Gasteiger partial charge in [0.05, 0.1) is 6.54 Å². The maximum Gasteiger partial charge on any atom is 0.214 e. The molecule has 7 heteroatoms. The third-order valence-electron chi connectivity index (χ3n) is 3.77. The number of rotatable bonds is 6. The molecule has 25 heavy (non-hydrogen) atoms. The van der Waals surface area contributed by atoms with Crippen LogP contribution >= 0.6 is 23.8 Å². The highest BCUT2D eigenvalue weighted by Crippen LogP contribution is 2.24. The lowest BCUT2D eigenvalue weighted by Crippen LogP contribution is -2.16. The van der Waals surface area contributed by atoms with Crippen molar-refractivity contribution in [1.29, 1.82) is 0 Å². The third kappa shape index (κ3) is 4.41.